The summed E-state index contributed by atoms with van der Waals surface area (Å²) < 4.78 is 4.57. The van der Waals surface area contributed by atoms with Gasteiger partial charge in [-0.1, -0.05) is 13.0 Å². The first-order valence-electron chi connectivity index (χ1n) is 4.79. The van der Waals surface area contributed by atoms with E-state index in [-0.39, 0.29) is 16.7 Å². The van der Waals surface area contributed by atoms with Gasteiger partial charge in [0.25, 0.3) is 0 Å². The summed E-state index contributed by atoms with van der Waals surface area (Å²) in [6, 6.07) is 5.08. The Morgan fingerprint density at radius 3 is 2.69 bits per heavy atom. The fraction of sp³-hybridized carbons (Fsp3) is 0.250. The van der Waals surface area contributed by atoms with Gasteiger partial charge in [0.1, 0.15) is 6.07 Å². The molecule has 0 N–H and O–H groups in total. The summed E-state index contributed by atoms with van der Waals surface area (Å²) in [5, 5.41) is 8.87. The number of benzene rings is 1. The molecule has 0 aliphatic rings. The van der Waals surface area contributed by atoms with Crippen molar-refractivity contribution in [2.75, 3.05) is 7.11 Å². The largest absolute Gasteiger partial charge is 0.465 e. The number of esters is 1. The van der Waals surface area contributed by atoms with Crippen molar-refractivity contribution in [3.63, 3.8) is 0 Å². The highest BCUT2D eigenvalue weighted by atomic mass is 16.5. The first-order valence-corrected chi connectivity index (χ1v) is 4.79. The molecule has 0 amide bonds. The summed E-state index contributed by atoms with van der Waals surface area (Å²) in [5.74, 6) is -0.658. The third-order valence-corrected chi connectivity index (χ3v) is 2.34. The van der Waals surface area contributed by atoms with Crippen LogP contribution >= 0.6 is 0 Å². The number of methoxy groups -OCH3 is 1. The zero-order valence-corrected chi connectivity index (χ0v) is 9.11. The Bertz CT molecular complexity index is 472. The molecule has 0 aromatic heterocycles. The van der Waals surface area contributed by atoms with Crippen LogP contribution in [0, 0.1) is 11.3 Å². The van der Waals surface area contributed by atoms with Gasteiger partial charge in [-0.05, 0) is 18.1 Å². The minimum Gasteiger partial charge on any atom is -0.465 e. The summed E-state index contributed by atoms with van der Waals surface area (Å²) in [6.45, 7) is 1.87. The van der Waals surface area contributed by atoms with Gasteiger partial charge >= 0.3 is 5.97 Å². The molecule has 0 fully saturated rings. The molecule has 1 aromatic rings. The van der Waals surface area contributed by atoms with Crippen LogP contribution in [0.5, 0.6) is 0 Å². The van der Waals surface area contributed by atoms with Crippen molar-refractivity contribution in [3.8, 4) is 6.07 Å². The molecule has 0 aliphatic carbocycles. The van der Waals surface area contributed by atoms with Crippen LogP contribution < -0.4 is 0 Å². The number of hydrogen-bond donors (Lipinski definition) is 0. The van der Waals surface area contributed by atoms with E-state index in [0.29, 0.717) is 12.7 Å². The molecule has 0 bridgehead atoms. The lowest BCUT2D eigenvalue weighted by Crippen LogP contribution is -2.10. The summed E-state index contributed by atoms with van der Waals surface area (Å²) in [4.78, 5) is 22.5. The van der Waals surface area contributed by atoms with Gasteiger partial charge in [-0.25, -0.2) is 4.79 Å². The highest BCUT2D eigenvalue weighted by molar-refractivity contribution is 6.01. The number of rotatable bonds is 3. The number of carbonyl (C=O) groups excluding carboxylic acids is 2. The average Bonchev–Trinajstić information content (AvgIpc) is 2.35. The molecule has 1 rings (SSSR count). The maximum absolute atomic E-state index is 11.5. The number of nitriles is 1. The Morgan fingerprint density at radius 1 is 1.56 bits per heavy atom. The minimum atomic E-state index is -0.658. The van der Waals surface area contributed by atoms with Crippen molar-refractivity contribution in [2.45, 2.75) is 13.3 Å². The molecule has 0 atom stereocenters. The van der Waals surface area contributed by atoms with E-state index >= 15 is 0 Å². The van der Waals surface area contributed by atoms with Crippen LogP contribution in [0.1, 0.15) is 38.8 Å². The van der Waals surface area contributed by atoms with E-state index in [0.717, 1.165) is 5.56 Å². The maximum atomic E-state index is 11.5. The second-order valence-corrected chi connectivity index (χ2v) is 3.14. The quantitative estimate of drug-likeness (QED) is 0.571. The first-order chi connectivity index (χ1) is 7.69. The monoisotopic (exact) mass is 217 g/mol. The highest BCUT2D eigenvalue weighted by Gasteiger charge is 2.19. The van der Waals surface area contributed by atoms with Crippen LogP contribution in [0.25, 0.3) is 0 Å². The fourth-order valence-electron chi connectivity index (χ4n) is 1.52. The maximum Gasteiger partial charge on any atom is 0.339 e. The normalized spacial score (nSPS) is 9.31. The van der Waals surface area contributed by atoms with E-state index in [1.54, 1.807) is 6.07 Å². The van der Waals surface area contributed by atoms with Gasteiger partial charge in [0.05, 0.1) is 18.2 Å². The smallest absolute Gasteiger partial charge is 0.339 e. The summed E-state index contributed by atoms with van der Waals surface area (Å²) in [7, 11) is 1.22. The van der Waals surface area contributed by atoms with Crippen LogP contribution in [0.2, 0.25) is 0 Å². The Balaban J connectivity index is 3.56. The SMILES string of the molecule is CCc1ccc(C#N)c(C(=O)OC)c1C=O. The van der Waals surface area contributed by atoms with Crippen molar-refractivity contribution in [3.05, 3.63) is 34.4 Å². The van der Waals surface area contributed by atoms with Crippen molar-refractivity contribution in [2.24, 2.45) is 0 Å². The Labute approximate surface area is 93.5 Å². The topological polar surface area (TPSA) is 67.2 Å². The lowest BCUT2D eigenvalue weighted by Gasteiger charge is -2.08. The van der Waals surface area contributed by atoms with Crippen molar-refractivity contribution >= 4 is 12.3 Å². The summed E-state index contributed by atoms with van der Waals surface area (Å²) in [5.41, 5.74) is 1.19. The molecule has 0 heterocycles. The number of carbonyl (C=O) groups is 2. The van der Waals surface area contributed by atoms with Crippen LogP contribution in [-0.4, -0.2) is 19.4 Å². The summed E-state index contributed by atoms with van der Waals surface area (Å²) in [6.07, 6.45) is 1.20. The predicted octanol–water partition coefficient (Wildman–Crippen LogP) is 1.72. The zero-order chi connectivity index (χ0) is 12.1. The number of hydrogen-bond acceptors (Lipinski definition) is 4. The molecule has 0 unspecified atom stereocenters. The van der Waals surface area contributed by atoms with Gasteiger partial charge in [0, 0.05) is 5.56 Å². The second-order valence-electron chi connectivity index (χ2n) is 3.14. The molecule has 82 valence electrons. The molecule has 0 radical (unpaired) electrons. The molecule has 16 heavy (non-hydrogen) atoms. The van der Waals surface area contributed by atoms with Crippen molar-refractivity contribution in [1.82, 2.24) is 0 Å². The van der Waals surface area contributed by atoms with E-state index in [4.69, 9.17) is 5.26 Å². The number of aldehydes is 1. The average molecular weight is 217 g/mol. The standard InChI is InChI=1S/C12H11NO3/c1-3-8-4-5-9(6-13)11(10(8)7-14)12(15)16-2/h4-5,7H,3H2,1-2H3. The first kappa shape index (κ1) is 11.9. The van der Waals surface area contributed by atoms with Gasteiger partial charge in [0.15, 0.2) is 6.29 Å². The van der Waals surface area contributed by atoms with Gasteiger partial charge in [-0.3, -0.25) is 4.79 Å². The molecule has 0 saturated heterocycles. The number of ether oxygens (including phenoxy) is 1. The lowest BCUT2D eigenvalue weighted by atomic mass is 9.96. The van der Waals surface area contributed by atoms with E-state index < -0.39 is 5.97 Å². The Hall–Kier alpha value is -2.15. The van der Waals surface area contributed by atoms with E-state index in [9.17, 15) is 9.59 Å². The highest BCUT2D eigenvalue weighted by Crippen LogP contribution is 2.19. The minimum absolute atomic E-state index is 0.0550. The van der Waals surface area contributed by atoms with E-state index in [2.05, 4.69) is 4.74 Å². The van der Waals surface area contributed by atoms with Gasteiger partial charge in [-0.15, -0.1) is 0 Å². The molecule has 0 aliphatic heterocycles. The van der Waals surface area contributed by atoms with Gasteiger partial charge < -0.3 is 4.74 Å². The second kappa shape index (κ2) is 5.08. The van der Waals surface area contributed by atoms with Gasteiger partial charge in [0.2, 0.25) is 0 Å². The van der Waals surface area contributed by atoms with Gasteiger partial charge in [-0.2, -0.15) is 5.26 Å². The van der Waals surface area contributed by atoms with Crippen LogP contribution in [0.4, 0.5) is 0 Å². The van der Waals surface area contributed by atoms with E-state index in [1.807, 2.05) is 13.0 Å². The zero-order valence-electron chi connectivity index (χ0n) is 9.11. The molecule has 0 spiro atoms. The molecule has 4 heteroatoms. The van der Waals surface area contributed by atoms with Crippen LogP contribution in [0.15, 0.2) is 12.1 Å². The number of nitrogens with zero attached hydrogens (tertiary/aromatic N) is 1. The summed E-state index contributed by atoms with van der Waals surface area (Å²) >= 11 is 0. The molecule has 0 saturated carbocycles. The van der Waals surface area contributed by atoms with Crippen molar-refractivity contribution in [1.29, 1.82) is 5.26 Å². The molecule has 1 aromatic carbocycles. The molecule has 4 nitrogen and oxygen atoms in total. The predicted molar refractivity (Wildman–Crippen MR) is 57.3 cm³/mol. The Kier molecular flexibility index (Phi) is 3.78. The van der Waals surface area contributed by atoms with Crippen LogP contribution in [-0.2, 0) is 11.2 Å². The third-order valence-electron chi connectivity index (χ3n) is 2.34. The third kappa shape index (κ3) is 1.94. The Morgan fingerprint density at radius 2 is 2.25 bits per heavy atom. The van der Waals surface area contributed by atoms with E-state index in [1.165, 1.54) is 13.2 Å². The van der Waals surface area contributed by atoms with Crippen LogP contribution in [0.3, 0.4) is 0 Å². The molecular weight excluding hydrogens is 206 g/mol. The van der Waals surface area contributed by atoms with Crippen molar-refractivity contribution < 1.29 is 14.3 Å². The molecular formula is C12H11NO3. The fourth-order valence-corrected chi connectivity index (χ4v) is 1.52. The lowest BCUT2D eigenvalue weighted by molar-refractivity contribution is 0.0598. The number of aryl methyl sites for hydroxylation is 1.